The van der Waals surface area contributed by atoms with E-state index in [1.165, 1.54) is 6.42 Å². The molecule has 0 aromatic carbocycles. The van der Waals surface area contributed by atoms with Crippen molar-refractivity contribution in [2.75, 3.05) is 12.4 Å². The maximum atomic E-state index is 12.0. The number of halogens is 1. The van der Waals surface area contributed by atoms with E-state index in [4.69, 9.17) is 0 Å². The molecule has 0 heterocycles. The Morgan fingerprint density at radius 2 is 2.00 bits per heavy atom. The van der Waals surface area contributed by atoms with E-state index in [0.717, 1.165) is 30.0 Å². The summed E-state index contributed by atoms with van der Waals surface area (Å²) in [7, 11) is 1.93. The Balaban J connectivity index is 1.88. The second-order valence-corrected chi connectivity index (χ2v) is 5.52. The second kappa shape index (κ2) is 3.84. The van der Waals surface area contributed by atoms with Gasteiger partial charge >= 0.3 is 0 Å². The maximum absolute atomic E-state index is 12.0. The fourth-order valence-corrected chi connectivity index (χ4v) is 2.96. The normalized spacial score (nSPS) is 36.4. The fourth-order valence-electron chi connectivity index (χ4n) is 2.53. The number of carbonyl (C=O) groups excluding carboxylic acids is 1. The van der Waals surface area contributed by atoms with Crippen LogP contribution >= 0.6 is 15.9 Å². The molecule has 2 nitrogen and oxygen atoms in total. The van der Waals surface area contributed by atoms with Gasteiger partial charge in [-0.25, -0.2) is 0 Å². The zero-order valence-electron chi connectivity index (χ0n) is 8.87. The molecule has 80 valence electrons. The lowest BCUT2D eigenvalue weighted by Gasteiger charge is -2.26. The Morgan fingerprint density at radius 1 is 1.43 bits per heavy atom. The molecule has 3 unspecified atom stereocenters. The van der Waals surface area contributed by atoms with Gasteiger partial charge < -0.3 is 4.90 Å². The van der Waals surface area contributed by atoms with Gasteiger partial charge in [-0.05, 0) is 38.0 Å². The first-order valence-corrected chi connectivity index (χ1v) is 6.58. The van der Waals surface area contributed by atoms with Crippen molar-refractivity contribution in [2.24, 2.45) is 17.8 Å². The van der Waals surface area contributed by atoms with Gasteiger partial charge in [-0.15, -0.1) is 0 Å². The third kappa shape index (κ3) is 1.83. The lowest BCUT2D eigenvalue weighted by molar-refractivity contribution is -0.135. The van der Waals surface area contributed by atoms with Crippen LogP contribution in [-0.4, -0.2) is 29.2 Å². The van der Waals surface area contributed by atoms with Crippen LogP contribution in [-0.2, 0) is 4.79 Å². The van der Waals surface area contributed by atoms with Gasteiger partial charge in [0.1, 0.15) is 0 Å². The van der Waals surface area contributed by atoms with Crippen molar-refractivity contribution in [2.45, 2.75) is 32.2 Å². The number of fused-ring (bicyclic) bond motifs is 1. The van der Waals surface area contributed by atoms with E-state index in [1.807, 2.05) is 11.9 Å². The molecular formula is C11H18BrNO. The molecule has 3 atom stereocenters. The van der Waals surface area contributed by atoms with Crippen molar-refractivity contribution in [1.29, 1.82) is 0 Å². The van der Waals surface area contributed by atoms with Crippen LogP contribution in [0.4, 0.5) is 0 Å². The minimum Gasteiger partial charge on any atom is -0.342 e. The van der Waals surface area contributed by atoms with Crippen molar-refractivity contribution in [3.05, 3.63) is 0 Å². The van der Waals surface area contributed by atoms with Gasteiger partial charge in [0, 0.05) is 24.3 Å². The van der Waals surface area contributed by atoms with E-state index >= 15 is 0 Å². The largest absolute Gasteiger partial charge is 0.342 e. The Hall–Kier alpha value is -0.0500. The molecule has 0 saturated heterocycles. The van der Waals surface area contributed by atoms with E-state index in [2.05, 4.69) is 22.9 Å². The first kappa shape index (κ1) is 10.5. The quantitative estimate of drug-likeness (QED) is 0.713. The van der Waals surface area contributed by atoms with Crippen molar-refractivity contribution in [3.8, 4) is 0 Å². The highest BCUT2D eigenvalue weighted by molar-refractivity contribution is 9.09. The van der Waals surface area contributed by atoms with Crippen LogP contribution in [0.25, 0.3) is 0 Å². The van der Waals surface area contributed by atoms with Crippen LogP contribution in [0.15, 0.2) is 0 Å². The molecule has 2 rings (SSSR count). The first-order chi connectivity index (χ1) is 6.63. The summed E-state index contributed by atoms with van der Waals surface area (Å²) in [6, 6.07) is 0.319. The average molecular weight is 260 g/mol. The summed E-state index contributed by atoms with van der Waals surface area (Å²) in [5.41, 5.74) is 0. The minimum atomic E-state index is 0.319. The zero-order valence-corrected chi connectivity index (χ0v) is 10.5. The molecule has 0 bridgehead atoms. The highest BCUT2D eigenvalue weighted by atomic mass is 79.9. The summed E-state index contributed by atoms with van der Waals surface area (Å²) < 4.78 is 0. The Morgan fingerprint density at radius 3 is 2.50 bits per heavy atom. The molecule has 14 heavy (non-hydrogen) atoms. The molecule has 0 aliphatic heterocycles. The predicted molar refractivity (Wildman–Crippen MR) is 60.3 cm³/mol. The molecule has 0 N–H and O–H groups in total. The van der Waals surface area contributed by atoms with Gasteiger partial charge in [0.05, 0.1) is 0 Å². The summed E-state index contributed by atoms with van der Waals surface area (Å²) in [5, 5.41) is 0.870. The number of amides is 1. The Kier molecular flexibility index (Phi) is 2.87. The third-order valence-electron chi connectivity index (χ3n) is 3.82. The van der Waals surface area contributed by atoms with Crippen molar-refractivity contribution >= 4 is 21.8 Å². The number of nitrogens with zero attached hydrogens (tertiary/aromatic N) is 1. The second-order valence-electron chi connectivity index (χ2n) is 4.88. The van der Waals surface area contributed by atoms with E-state index in [0.29, 0.717) is 17.9 Å². The van der Waals surface area contributed by atoms with Crippen LogP contribution in [0.1, 0.15) is 26.2 Å². The zero-order chi connectivity index (χ0) is 10.3. The van der Waals surface area contributed by atoms with E-state index < -0.39 is 0 Å². The molecule has 3 heteroatoms. The predicted octanol–water partition coefficient (Wildman–Crippen LogP) is 2.27. The van der Waals surface area contributed by atoms with Gasteiger partial charge in [0.15, 0.2) is 0 Å². The van der Waals surface area contributed by atoms with Crippen LogP contribution in [0.3, 0.4) is 0 Å². The Bertz CT molecular complexity index is 229. The third-order valence-corrected chi connectivity index (χ3v) is 4.76. The van der Waals surface area contributed by atoms with E-state index in [-0.39, 0.29) is 0 Å². The molecule has 0 spiro atoms. The first-order valence-electron chi connectivity index (χ1n) is 5.46. The van der Waals surface area contributed by atoms with E-state index in [9.17, 15) is 4.79 Å². The number of hydrogen-bond acceptors (Lipinski definition) is 1. The SMILES string of the molecule is CC(CBr)N(C)C(=O)C1CC2CC2C1. The molecule has 2 aliphatic carbocycles. The smallest absolute Gasteiger partial charge is 0.225 e. The van der Waals surface area contributed by atoms with Gasteiger partial charge in [-0.3, -0.25) is 4.79 Å². The molecule has 2 fully saturated rings. The molecule has 0 radical (unpaired) electrons. The monoisotopic (exact) mass is 259 g/mol. The molecule has 2 aliphatic rings. The summed E-state index contributed by atoms with van der Waals surface area (Å²) in [5.74, 6) is 2.50. The molecule has 1 amide bonds. The van der Waals surface area contributed by atoms with E-state index in [1.54, 1.807) is 0 Å². The van der Waals surface area contributed by atoms with Crippen LogP contribution < -0.4 is 0 Å². The standard InChI is InChI=1S/C11H18BrNO/c1-7(6-12)13(2)11(14)10-4-8-3-9(8)5-10/h7-10H,3-6H2,1-2H3. The van der Waals surface area contributed by atoms with Crippen molar-refractivity contribution in [1.82, 2.24) is 4.90 Å². The summed E-state index contributed by atoms with van der Waals surface area (Å²) in [4.78, 5) is 13.9. The molecule has 0 aromatic rings. The van der Waals surface area contributed by atoms with Crippen LogP contribution in [0.2, 0.25) is 0 Å². The average Bonchev–Trinajstić information content (AvgIpc) is 2.82. The fraction of sp³-hybridized carbons (Fsp3) is 0.909. The molecule has 2 saturated carbocycles. The number of carbonyl (C=O) groups is 1. The minimum absolute atomic E-state index is 0.319. The van der Waals surface area contributed by atoms with Gasteiger partial charge in [-0.1, -0.05) is 15.9 Å². The molecule has 0 aromatic heterocycles. The van der Waals surface area contributed by atoms with Crippen molar-refractivity contribution < 1.29 is 4.79 Å². The lowest BCUT2D eigenvalue weighted by Crippen LogP contribution is -2.39. The van der Waals surface area contributed by atoms with Crippen molar-refractivity contribution in [3.63, 3.8) is 0 Å². The Labute approximate surface area is 94.2 Å². The summed E-state index contributed by atoms with van der Waals surface area (Å²) >= 11 is 3.42. The van der Waals surface area contributed by atoms with Crippen LogP contribution in [0, 0.1) is 17.8 Å². The highest BCUT2D eigenvalue weighted by Gasteiger charge is 2.48. The highest BCUT2D eigenvalue weighted by Crippen LogP contribution is 2.54. The van der Waals surface area contributed by atoms with Gasteiger partial charge in [0.2, 0.25) is 5.91 Å². The number of rotatable bonds is 3. The topological polar surface area (TPSA) is 20.3 Å². The molecular weight excluding hydrogens is 242 g/mol. The number of alkyl halides is 1. The van der Waals surface area contributed by atoms with Gasteiger partial charge in [-0.2, -0.15) is 0 Å². The number of hydrogen-bond donors (Lipinski definition) is 0. The summed E-state index contributed by atoms with van der Waals surface area (Å²) in [6.07, 6.45) is 3.70. The van der Waals surface area contributed by atoms with Crippen LogP contribution in [0.5, 0.6) is 0 Å². The summed E-state index contributed by atoms with van der Waals surface area (Å²) in [6.45, 7) is 2.09. The van der Waals surface area contributed by atoms with Gasteiger partial charge in [0.25, 0.3) is 0 Å². The lowest BCUT2D eigenvalue weighted by atomic mass is 10.0. The maximum Gasteiger partial charge on any atom is 0.225 e.